The number of alkyl halides is 3. The molecule has 1 aromatic rings. The monoisotopic (exact) mass is 245 g/mol. The molecule has 1 rings (SSSR count). The van der Waals surface area contributed by atoms with Gasteiger partial charge in [-0.3, -0.25) is 0 Å². The van der Waals surface area contributed by atoms with E-state index in [1.165, 1.54) is 0 Å². The number of nitriles is 1. The Hall–Kier alpha value is -1.74. The fraction of sp³-hybridized carbons (Fsp3) is 0.364. The summed E-state index contributed by atoms with van der Waals surface area (Å²) in [5, 5.41) is 17.9. The lowest BCUT2D eigenvalue weighted by molar-refractivity contribution is -0.138. The molecule has 6 heteroatoms. The van der Waals surface area contributed by atoms with E-state index >= 15 is 0 Å². The fourth-order valence-electron chi connectivity index (χ4n) is 1.35. The standard InChI is InChI=1S/C11H10F3NO2/c1-17-10-6-7(9(16)4-5-15)2-3-8(10)11(12,13)14/h2-3,6,9,16H,4H2,1H3. The first-order chi connectivity index (χ1) is 7.90. The molecule has 3 nitrogen and oxygen atoms in total. The van der Waals surface area contributed by atoms with Crippen molar-refractivity contribution < 1.29 is 23.0 Å². The fourth-order valence-corrected chi connectivity index (χ4v) is 1.35. The summed E-state index contributed by atoms with van der Waals surface area (Å²) in [6.07, 6.45) is -5.81. The summed E-state index contributed by atoms with van der Waals surface area (Å²) in [5.41, 5.74) is -0.690. The van der Waals surface area contributed by atoms with E-state index in [1.807, 2.05) is 0 Å². The third-order valence-corrected chi connectivity index (χ3v) is 2.20. The highest BCUT2D eigenvalue weighted by Crippen LogP contribution is 2.37. The smallest absolute Gasteiger partial charge is 0.419 e. The van der Waals surface area contributed by atoms with E-state index in [0.29, 0.717) is 0 Å². The van der Waals surface area contributed by atoms with Crippen molar-refractivity contribution in [3.8, 4) is 11.8 Å². The average Bonchev–Trinajstić information content (AvgIpc) is 2.27. The van der Waals surface area contributed by atoms with E-state index in [2.05, 4.69) is 4.74 Å². The first kappa shape index (κ1) is 13.3. The Morgan fingerprint density at radius 3 is 2.59 bits per heavy atom. The second kappa shape index (κ2) is 5.06. The molecule has 0 amide bonds. The zero-order valence-corrected chi connectivity index (χ0v) is 8.95. The molecule has 0 saturated heterocycles. The van der Waals surface area contributed by atoms with Gasteiger partial charge in [0.2, 0.25) is 0 Å². The third-order valence-electron chi connectivity index (χ3n) is 2.20. The molecule has 1 N–H and O–H groups in total. The van der Waals surface area contributed by atoms with Gasteiger partial charge in [0.15, 0.2) is 0 Å². The average molecular weight is 245 g/mol. The van der Waals surface area contributed by atoms with Gasteiger partial charge in [-0.2, -0.15) is 18.4 Å². The topological polar surface area (TPSA) is 53.2 Å². The summed E-state index contributed by atoms with van der Waals surface area (Å²) < 4.78 is 42.2. The van der Waals surface area contributed by atoms with Gasteiger partial charge in [0.1, 0.15) is 5.75 Å². The number of rotatable bonds is 3. The molecule has 0 aliphatic rings. The van der Waals surface area contributed by atoms with Crippen LogP contribution in [0, 0.1) is 11.3 Å². The van der Waals surface area contributed by atoms with Crippen molar-refractivity contribution in [3.63, 3.8) is 0 Å². The van der Waals surface area contributed by atoms with Crippen molar-refractivity contribution >= 4 is 0 Å². The summed E-state index contributed by atoms with van der Waals surface area (Å²) in [6.45, 7) is 0. The molecule has 0 bridgehead atoms. The largest absolute Gasteiger partial charge is 0.496 e. The van der Waals surface area contributed by atoms with Gasteiger partial charge in [0.05, 0.1) is 31.3 Å². The zero-order valence-electron chi connectivity index (χ0n) is 8.95. The maximum Gasteiger partial charge on any atom is 0.419 e. The van der Waals surface area contributed by atoms with E-state index in [0.717, 1.165) is 25.3 Å². The van der Waals surface area contributed by atoms with Crippen molar-refractivity contribution in [1.82, 2.24) is 0 Å². The molecule has 0 fully saturated rings. The number of hydrogen-bond donors (Lipinski definition) is 1. The van der Waals surface area contributed by atoms with Crippen LogP contribution in [0.4, 0.5) is 13.2 Å². The maximum atomic E-state index is 12.5. The summed E-state index contributed by atoms with van der Waals surface area (Å²) in [4.78, 5) is 0. The van der Waals surface area contributed by atoms with Crippen LogP contribution in [-0.4, -0.2) is 12.2 Å². The van der Waals surface area contributed by atoms with Gasteiger partial charge in [-0.25, -0.2) is 0 Å². The molecular weight excluding hydrogens is 235 g/mol. The van der Waals surface area contributed by atoms with Crippen LogP contribution in [0.3, 0.4) is 0 Å². The van der Waals surface area contributed by atoms with E-state index in [4.69, 9.17) is 5.26 Å². The second-order valence-electron chi connectivity index (χ2n) is 3.34. The minimum absolute atomic E-state index is 0.186. The van der Waals surface area contributed by atoms with Crippen LogP contribution in [0.2, 0.25) is 0 Å². The summed E-state index contributed by atoms with van der Waals surface area (Å²) in [7, 11) is 1.12. The SMILES string of the molecule is COc1cc(C(O)CC#N)ccc1C(F)(F)F. The van der Waals surface area contributed by atoms with Gasteiger partial charge in [-0.05, 0) is 17.7 Å². The zero-order chi connectivity index (χ0) is 13.1. The molecular formula is C11H10F3NO2. The molecule has 1 unspecified atom stereocenters. The lowest BCUT2D eigenvalue weighted by atomic mass is 10.0. The first-order valence-corrected chi connectivity index (χ1v) is 4.70. The Labute approximate surface area is 96.1 Å². The van der Waals surface area contributed by atoms with Crippen LogP contribution < -0.4 is 4.74 Å². The van der Waals surface area contributed by atoms with Gasteiger partial charge in [0.25, 0.3) is 0 Å². The Bertz CT molecular complexity index is 437. The highest BCUT2D eigenvalue weighted by atomic mass is 19.4. The lowest BCUT2D eigenvalue weighted by Crippen LogP contribution is -2.08. The predicted molar refractivity (Wildman–Crippen MR) is 53.2 cm³/mol. The van der Waals surface area contributed by atoms with Gasteiger partial charge in [-0.1, -0.05) is 6.07 Å². The Balaban J connectivity index is 3.14. The van der Waals surface area contributed by atoms with Gasteiger partial charge in [0, 0.05) is 0 Å². The molecule has 0 heterocycles. The first-order valence-electron chi connectivity index (χ1n) is 4.70. The van der Waals surface area contributed by atoms with Crippen molar-refractivity contribution in [3.05, 3.63) is 29.3 Å². The van der Waals surface area contributed by atoms with E-state index in [1.54, 1.807) is 6.07 Å². The minimum atomic E-state index is -4.51. The number of ether oxygens (including phenoxy) is 1. The highest BCUT2D eigenvalue weighted by molar-refractivity contribution is 5.40. The van der Waals surface area contributed by atoms with Crippen LogP contribution in [0.5, 0.6) is 5.75 Å². The van der Waals surface area contributed by atoms with E-state index in [-0.39, 0.29) is 17.7 Å². The minimum Gasteiger partial charge on any atom is -0.496 e. The quantitative estimate of drug-likeness (QED) is 0.890. The summed E-state index contributed by atoms with van der Waals surface area (Å²) in [5.74, 6) is -0.369. The van der Waals surface area contributed by atoms with Crippen LogP contribution >= 0.6 is 0 Å². The number of halogens is 3. The van der Waals surface area contributed by atoms with Crippen molar-refractivity contribution in [1.29, 1.82) is 5.26 Å². The Kier molecular flexibility index (Phi) is 3.97. The second-order valence-corrected chi connectivity index (χ2v) is 3.34. The van der Waals surface area contributed by atoms with Gasteiger partial charge in [-0.15, -0.1) is 0 Å². The molecule has 0 aliphatic heterocycles. The number of aliphatic hydroxyl groups is 1. The highest BCUT2D eigenvalue weighted by Gasteiger charge is 2.34. The molecule has 92 valence electrons. The molecule has 17 heavy (non-hydrogen) atoms. The van der Waals surface area contributed by atoms with Gasteiger partial charge < -0.3 is 9.84 Å². The van der Waals surface area contributed by atoms with Crippen molar-refractivity contribution in [2.45, 2.75) is 18.7 Å². The van der Waals surface area contributed by atoms with Crippen molar-refractivity contribution in [2.24, 2.45) is 0 Å². The molecule has 0 saturated carbocycles. The molecule has 1 aromatic carbocycles. The Morgan fingerprint density at radius 1 is 1.47 bits per heavy atom. The number of hydrogen-bond acceptors (Lipinski definition) is 3. The summed E-state index contributed by atoms with van der Waals surface area (Å²) in [6, 6.07) is 4.78. The van der Waals surface area contributed by atoms with Crippen LogP contribution in [0.1, 0.15) is 23.7 Å². The maximum absolute atomic E-state index is 12.5. The normalized spacial score (nSPS) is 12.9. The van der Waals surface area contributed by atoms with Gasteiger partial charge >= 0.3 is 6.18 Å². The lowest BCUT2D eigenvalue weighted by Gasteiger charge is -2.14. The molecule has 0 spiro atoms. The number of methoxy groups -OCH3 is 1. The van der Waals surface area contributed by atoms with E-state index < -0.39 is 17.8 Å². The molecule has 0 aliphatic carbocycles. The van der Waals surface area contributed by atoms with Crippen molar-refractivity contribution in [2.75, 3.05) is 7.11 Å². The number of nitrogens with zero attached hydrogens (tertiary/aromatic N) is 1. The molecule has 1 atom stereocenters. The van der Waals surface area contributed by atoms with Crippen LogP contribution in [0.25, 0.3) is 0 Å². The Morgan fingerprint density at radius 2 is 2.12 bits per heavy atom. The molecule has 0 radical (unpaired) electrons. The summed E-state index contributed by atoms with van der Waals surface area (Å²) >= 11 is 0. The van der Waals surface area contributed by atoms with Crippen LogP contribution in [-0.2, 0) is 6.18 Å². The predicted octanol–water partition coefficient (Wildman–Crippen LogP) is 2.66. The number of benzene rings is 1. The van der Waals surface area contributed by atoms with E-state index in [9.17, 15) is 18.3 Å². The number of aliphatic hydroxyl groups excluding tert-OH is 1. The molecule has 0 aromatic heterocycles. The third kappa shape index (κ3) is 3.11. The van der Waals surface area contributed by atoms with Crippen LogP contribution in [0.15, 0.2) is 18.2 Å².